The highest BCUT2D eigenvalue weighted by Crippen LogP contribution is 2.32. The highest BCUT2D eigenvalue weighted by Gasteiger charge is 2.31. The predicted molar refractivity (Wildman–Crippen MR) is 117 cm³/mol. The van der Waals surface area contributed by atoms with Crippen LogP contribution in [0.25, 0.3) is 21.3 Å². The van der Waals surface area contributed by atoms with Crippen LogP contribution in [0.5, 0.6) is 0 Å². The predicted octanol–water partition coefficient (Wildman–Crippen LogP) is 3.46. The number of aromatic amines is 1. The van der Waals surface area contributed by atoms with Crippen LogP contribution in [0.4, 0.5) is 5.95 Å². The van der Waals surface area contributed by atoms with Crippen molar-refractivity contribution in [3.05, 3.63) is 45.6 Å². The zero-order chi connectivity index (χ0) is 20.0. The Balaban J connectivity index is 1.46. The molecule has 2 fully saturated rings. The van der Waals surface area contributed by atoms with E-state index >= 15 is 0 Å². The van der Waals surface area contributed by atoms with Crippen molar-refractivity contribution in [1.82, 2.24) is 15.3 Å². The van der Waals surface area contributed by atoms with Gasteiger partial charge in [-0.05, 0) is 38.2 Å². The highest BCUT2D eigenvalue weighted by molar-refractivity contribution is 7.17. The molecule has 1 aliphatic heterocycles. The number of H-pyrrole nitrogens is 1. The van der Waals surface area contributed by atoms with E-state index in [1.807, 2.05) is 5.38 Å². The fourth-order valence-electron chi connectivity index (χ4n) is 3.93. The van der Waals surface area contributed by atoms with Crippen molar-refractivity contribution >= 4 is 33.4 Å². The van der Waals surface area contributed by atoms with Crippen LogP contribution in [0.2, 0.25) is 0 Å². The van der Waals surface area contributed by atoms with Gasteiger partial charge in [-0.2, -0.15) is 0 Å². The van der Waals surface area contributed by atoms with Gasteiger partial charge in [0.1, 0.15) is 4.70 Å². The van der Waals surface area contributed by atoms with Gasteiger partial charge < -0.3 is 10.2 Å². The number of anilines is 1. The van der Waals surface area contributed by atoms with Crippen LogP contribution in [0.15, 0.2) is 34.4 Å². The summed E-state index contributed by atoms with van der Waals surface area (Å²) in [5, 5.41) is 5.11. The fourth-order valence-corrected chi connectivity index (χ4v) is 4.84. The van der Waals surface area contributed by atoms with Crippen LogP contribution < -0.4 is 15.8 Å². The number of piperidine rings is 1. The van der Waals surface area contributed by atoms with Gasteiger partial charge in [-0.3, -0.25) is 14.6 Å². The first-order valence-electron chi connectivity index (χ1n) is 10.2. The number of benzene rings is 1. The molecule has 7 heteroatoms. The summed E-state index contributed by atoms with van der Waals surface area (Å²) in [5.74, 6) is 0.652. The summed E-state index contributed by atoms with van der Waals surface area (Å²) < 4.78 is 0.643. The lowest BCUT2D eigenvalue weighted by Gasteiger charge is -2.32. The zero-order valence-electron chi connectivity index (χ0n) is 16.4. The summed E-state index contributed by atoms with van der Waals surface area (Å²) in [6.45, 7) is 3.45. The SMILES string of the molecule is Cc1ccc(-c2csc3c(=O)[nH]c(N4CCCC(C(=O)NC5CC5)C4)nc23)cc1. The Bertz CT molecular complexity index is 1110. The van der Waals surface area contributed by atoms with Crippen molar-refractivity contribution in [3.63, 3.8) is 0 Å². The molecule has 1 saturated carbocycles. The standard InChI is InChI=1S/C22H24N4O2S/c1-13-4-6-14(7-5-13)17-12-29-19-18(17)24-22(25-21(19)28)26-10-2-3-15(11-26)20(27)23-16-8-9-16/h4-7,12,15-16H,2-3,8-11H2,1H3,(H,23,27)(H,24,25,28). The van der Waals surface area contributed by atoms with E-state index in [4.69, 9.17) is 4.98 Å². The minimum Gasteiger partial charge on any atom is -0.353 e. The smallest absolute Gasteiger partial charge is 0.270 e. The van der Waals surface area contributed by atoms with Gasteiger partial charge in [0.15, 0.2) is 0 Å². The molecule has 2 aliphatic rings. The summed E-state index contributed by atoms with van der Waals surface area (Å²) in [6, 6.07) is 8.65. The second-order valence-corrected chi connectivity index (χ2v) is 9.03. The maximum absolute atomic E-state index is 12.7. The van der Waals surface area contributed by atoms with Crippen LogP contribution >= 0.6 is 11.3 Å². The lowest BCUT2D eigenvalue weighted by molar-refractivity contribution is -0.125. The van der Waals surface area contributed by atoms with Crippen molar-refractivity contribution in [1.29, 1.82) is 0 Å². The van der Waals surface area contributed by atoms with E-state index in [0.29, 0.717) is 23.2 Å². The lowest BCUT2D eigenvalue weighted by Crippen LogP contribution is -2.44. The number of aromatic nitrogens is 2. The van der Waals surface area contributed by atoms with Gasteiger partial charge >= 0.3 is 0 Å². The average Bonchev–Trinajstić information content (AvgIpc) is 3.44. The zero-order valence-corrected chi connectivity index (χ0v) is 17.2. The van der Waals surface area contributed by atoms with E-state index in [1.54, 1.807) is 0 Å². The number of carbonyl (C=O) groups is 1. The normalized spacial score (nSPS) is 19.5. The molecule has 1 amide bonds. The first-order valence-corrected chi connectivity index (χ1v) is 11.1. The topological polar surface area (TPSA) is 78.1 Å². The minimum atomic E-state index is -0.113. The molecule has 1 unspecified atom stereocenters. The van der Waals surface area contributed by atoms with E-state index < -0.39 is 0 Å². The number of carbonyl (C=O) groups excluding carboxylic acids is 1. The van der Waals surface area contributed by atoms with Gasteiger partial charge in [-0.15, -0.1) is 11.3 Å². The van der Waals surface area contributed by atoms with Gasteiger partial charge in [0, 0.05) is 30.1 Å². The maximum Gasteiger partial charge on any atom is 0.270 e. The molecule has 150 valence electrons. The molecular formula is C22H24N4O2S. The molecule has 5 rings (SSSR count). The number of aryl methyl sites for hydroxylation is 1. The minimum absolute atomic E-state index is 0.0515. The number of nitrogens with one attached hydrogen (secondary N) is 2. The van der Waals surface area contributed by atoms with Crippen LogP contribution in [-0.4, -0.2) is 35.0 Å². The molecule has 1 saturated heterocycles. The molecular weight excluding hydrogens is 384 g/mol. The third-order valence-corrected chi connectivity index (χ3v) is 6.76. The van der Waals surface area contributed by atoms with Crippen molar-refractivity contribution in [2.75, 3.05) is 18.0 Å². The number of hydrogen-bond acceptors (Lipinski definition) is 5. The van der Waals surface area contributed by atoms with Gasteiger partial charge in [-0.25, -0.2) is 4.98 Å². The summed E-state index contributed by atoms with van der Waals surface area (Å²) >= 11 is 1.43. The summed E-state index contributed by atoms with van der Waals surface area (Å²) in [7, 11) is 0. The third kappa shape index (κ3) is 3.67. The summed E-state index contributed by atoms with van der Waals surface area (Å²) in [6.07, 6.45) is 3.98. The molecule has 0 radical (unpaired) electrons. The quantitative estimate of drug-likeness (QED) is 0.693. The van der Waals surface area contributed by atoms with Crippen LogP contribution in [0.1, 0.15) is 31.2 Å². The second kappa shape index (κ2) is 7.30. The van der Waals surface area contributed by atoms with Gasteiger partial charge in [-0.1, -0.05) is 29.8 Å². The molecule has 29 heavy (non-hydrogen) atoms. The number of amides is 1. The Labute approximate surface area is 173 Å². The van der Waals surface area contributed by atoms with Gasteiger partial charge in [0.25, 0.3) is 5.56 Å². The first-order chi connectivity index (χ1) is 14.1. The van der Waals surface area contributed by atoms with E-state index in [2.05, 4.69) is 46.4 Å². The Morgan fingerprint density at radius 1 is 1.24 bits per heavy atom. The molecule has 1 atom stereocenters. The largest absolute Gasteiger partial charge is 0.353 e. The molecule has 3 heterocycles. The van der Waals surface area contributed by atoms with Crippen molar-refractivity contribution in [2.45, 2.75) is 38.6 Å². The van der Waals surface area contributed by atoms with E-state index in [9.17, 15) is 9.59 Å². The summed E-state index contributed by atoms with van der Waals surface area (Å²) in [4.78, 5) is 35.1. The molecule has 2 N–H and O–H groups in total. The lowest BCUT2D eigenvalue weighted by atomic mass is 9.97. The fraction of sp³-hybridized carbons (Fsp3) is 0.409. The van der Waals surface area contributed by atoms with Crippen molar-refractivity contribution < 1.29 is 4.79 Å². The first kappa shape index (κ1) is 18.4. The molecule has 6 nitrogen and oxygen atoms in total. The number of rotatable bonds is 4. The molecule has 1 aromatic carbocycles. The number of fused-ring (bicyclic) bond motifs is 1. The third-order valence-electron chi connectivity index (χ3n) is 5.79. The van der Waals surface area contributed by atoms with Crippen LogP contribution in [-0.2, 0) is 4.79 Å². The van der Waals surface area contributed by atoms with Crippen molar-refractivity contribution in [2.24, 2.45) is 5.92 Å². The molecule has 1 aliphatic carbocycles. The Morgan fingerprint density at radius 2 is 2.03 bits per heavy atom. The molecule has 0 bridgehead atoms. The highest BCUT2D eigenvalue weighted by atomic mass is 32.1. The Kier molecular flexibility index (Phi) is 4.62. The average molecular weight is 409 g/mol. The van der Waals surface area contributed by atoms with Crippen LogP contribution in [0.3, 0.4) is 0 Å². The molecule has 0 spiro atoms. The Morgan fingerprint density at radius 3 is 2.79 bits per heavy atom. The van der Waals surface area contributed by atoms with E-state index in [-0.39, 0.29) is 17.4 Å². The second-order valence-electron chi connectivity index (χ2n) is 8.15. The van der Waals surface area contributed by atoms with Crippen molar-refractivity contribution in [3.8, 4) is 11.1 Å². The number of nitrogens with zero attached hydrogens (tertiary/aromatic N) is 2. The molecule has 2 aromatic heterocycles. The number of thiophene rings is 1. The maximum atomic E-state index is 12.7. The Hall–Kier alpha value is -2.67. The number of hydrogen-bond donors (Lipinski definition) is 2. The van der Waals surface area contributed by atoms with Gasteiger partial charge in [0.2, 0.25) is 11.9 Å². The van der Waals surface area contributed by atoms with Gasteiger partial charge in [0.05, 0.1) is 11.4 Å². The van der Waals surface area contributed by atoms with Crippen LogP contribution in [0, 0.1) is 12.8 Å². The molecule has 3 aromatic rings. The summed E-state index contributed by atoms with van der Waals surface area (Å²) in [5.41, 5.74) is 3.87. The van der Waals surface area contributed by atoms with E-state index in [0.717, 1.165) is 48.9 Å². The monoisotopic (exact) mass is 408 g/mol. The van der Waals surface area contributed by atoms with E-state index in [1.165, 1.54) is 16.9 Å².